The molecule has 0 fully saturated rings. The first-order valence-corrected chi connectivity index (χ1v) is 10.1. The van der Waals surface area contributed by atoms with Crippen molar-refractivity contribution in [3.63, 3.8) is 0 Å². The summed E-state index contributed by atoms with van der Waals surface area (Å²) in [4.78, 5) is 7.00. The molecule has 146 valence electrons. The third-order valence-corrected chi connectivity index (χ3v) is 5.21. The number of anilines is 1. The summed E-state index contributed by atoms with van der Waals surface area (Å²) in [7, 11) is 0. The van der Waals surface area contributed by atoms with E-state index in [2.05, 4.69) is 94.8 Å². The first-order valence-electron chi connectivity index (χ1n) is 10.1. The number of fused-ring (bicyclic) bond motifs is 1. The molecule has 0 aliphatic rings. The number of oxazole rings is 1. The molecule has 5 rings (SSSR count). The number of hydrogen-bond acceptors (Lipinski definition) is 3. The van der Waals surface area contributed by atoms with E-state index < -0.39 is 0 Å². The molecule has 0 spiro atoms. The lowest BCUT2D eigenvalue weighted by molar-refractivity contribution is 0.620. The van der Waals surface area contributed by atoms with E-state index in [-0.39, 0.29) is 0 Å². The number of rotatable bonds is 6. The van der Waals surface area contributed by atoms with Gasteiger partial charge >= 0.3 is 0 Å². The van der Waals surface area contributed by atoms with Gasteiger partial charge in [0, 0.05) is 24.3 Å². The van der Waals surface area contributed by atoms with Gasteiger partial charge in [0.2, 0.25) is 5.89 Å². The van der Waals surface area contributed by atoms with E-state index in [1.165, 1.54) is 16.8 Å². The molecule has 3 nitrogen and oxygen atoms in total. The fourth-order valence-electron chi connectivity index (χ4n) is 3.66. The molecule has 30 heavy (non-hydrogen) atoms. The van der Waals surface area contributed by atoms with Gasteiger partial charge in [0.05, 0.1) is 0 Å². The second-order valence-electron chi connectivity index (χ2n) is 7.36. The average molecular weight is 390 g/mol. The van der Waals surface area contributed by atoms with Crippen LogP contribution in [0.1, 0.15) is 11.1 Å². The molecule has 5 aromatic rings. The molecule has 0 saturated heterocycles. The van der Waals surface area contributed by atoms with Crippen LogP contribution in [0.2, 0.25) is 0 Å². The highest BCUT2D eigenvalue weighted by atomic mass is 16.3. The Hall–Kier alpha value is -3.85. The van der Waals surface area contributed by atoms with Gasteiger partial charge in [-0.25, -0.2) is 4.98 Å². The third-order valence-electron chi connectivity index (χ3n) is 5.21. The number of para-hydroxylation sites is 2. The van der Waals surface area contributed by atoms with Gasteiger partial charge in [-0.2, -0.15) is 0 Å². The Balaban J connectivity index is 1.44. The zero-order valence-electron chi connectivity index (χ0n) is 16.6. The van der Waals surface area contributed by atoms with Crippen LogP contribution in [0.4, 0.5) is 5.69 Å². The minimum absolute atomic E-state index is 0.653. The Bertz CT molecular complexity index is 1150. The van der Waals surface area contributed by atoms with Crippen LogP contribution in [0.3, 0.4) is 0 Å². The number of nitrogens with zero attached hydrogens (tertiary/aromatic N) is 2. The molecule has 0 saturated carbocycles. The predicted molar refractivity (Wildman–Crippen MR) is 122 cm³/mol. The Morgan fingerprint density at radius 3 is 1.77 bits per heavy atom. The molecular formula is C27H22N2O. The highest BCUT2D eigenvalue weighted by Gasteiger charge is 2.11. The second-order valence-corrected chi connectivity index (χ2v) is 7.36. The van der Waals surface area contributed by atoms with Crippen LogP contribution in [-0.2, 0) is 13.1 Å². The van der Waals surface area contributed by atoms with Crippen molar-refractivity contribution in [2.45, 2.75) is 13.1 Å². The van der Waals surface area contributed by atoms with Gasteiger partial charge in [0.25, 0.3) is 0 Å². The van der Waals surface area contributed by atoms with Gasteiger partial charge in [-0.3, -0.25) is 0 Å². The third kappa shape index (κ3) is 3.96. The van der Waals surface area contributed by atoms with Crippen LogP contribution in [-0.4, -0.2) is 4.98 Å². The minimum Gasteiger partial charge on any atom is -0.436 e. The lowest BCUT2D eigenvalue weighted by atomic mass is 10.1. The SMILES string of the molecule is c1ccc(CN(Cc2ccccc2)c2ccc(-c3nc4ccccc4o3)cc2)cc1. The molecule has 0 atom stereocenters. The van der Waals surface area contributed by atoms with E-state index in [0.29, 0.717) is 5.89 Å². The quantitative estimate of drug-likeness (QED) is 0.323. The molecule has 0 radical (unpaired) electrons. The first-order chi connectivity index (χ1) is 14.8. The summed E-state index contributed by atoms with van der Waals surface area (Å²) in [5, 5.41) is 0. The molecule has 0 bridgehead atoms. The molecule has 0 amide bonds. The van der Waals surface area contributed by atoms with Gasteiger partial charge in [-0.1, -0.05) is 72.8 Å². The van der Waals surface area contributed by atoms with E-state index >= 15 is 0 Å². The molecule has 4 aromatic carbocycles. The molecular weight excluding hydrogens is 368 g/mol. The summed E-state index contributed by atoms with van der Waals surface area (Å²) < 4.78 is 5.92. The van der Waals surface area contributed by atoms with Crippen LogP contribution in [0, 0.1) is 0 Å². The monoisotopic (exact) mass is 390 g/mol. The van der Waals surface area contributed by atoms with E-state index in [0.717, 1.165) is 29.8 Å². The molecule has 3 heteroatoms. The highest BCUT2D eigenvalue weighted by molar-refractivity contribution is 5.76. The summed E-state index contributed by atoms with van der Waals surface area (Å²) in [6.07, 6.45) is 0. The lowest BCUT2D eigenvalue weighted by Gasteiger charge is -2.25. The van der Waals surface area contributed by atoms with Gasteiger partial charge in [0.1, 0.15) is 5.52 Å². The van der Waals surface area contributed by atoms with Crippen LogP contribution < -0.4 is 4.90 Å². The van der Waals surface area contributed by atoms with Crippen molar-refractivity contribution < 1.29 is 4.42 Å². The molecule has 0 unspecified atom stereocenters. The zero-order valence-corrected chi connectivity index (χ0v) is 16.6. The first kappa shape index (κ1) is 18.2. The summed E-state index contributed by atoms with van der Waals surface area (Å²) in [6.45, 7) is 1.69. The van der Waals surface area contributed by atoms with E-state index in [1.54, 1.807) is 0 Å². The van der Waals surface area contributed by atoms with Gasteiger partial charge in [-0.05, 0) is 47.5 Å². The van der Waals surface area contributed by atoms with Gasteiger partial charge in [0.15, 0.2) is 5.58 Å². The number of aromatic nitrogens is 1. The largest absolute Gasteiger partial charge is 0.436 e. The molecule has 1 heterocycles. The van der Waals surface area contributed by atoms with Crippen molar-refractivity contribution in [3.05, 3.63) is 120 Å². The summed E-state index contributed by atoms with van der Waals surface area (Å²) in [5.74, 6) is 0.653. The topological polar surface area (TPSA) is 29.3 Å². The second kappa shape index (κ2) is 8.26. The van der Waals surface area contributed by atoms with E-state index in [4.69, 9.17) is 4.42 Å². The Morgan fingerprint density at radius 2 is 1.17 bits per heavy atom. The maximum absolute atomic E-state index is 5.92. The van der Waals surface area contributed by atoms with Crippen LogP contribution in [0.15, 0.2) is 114 Å². The van der Waals surface area contributed by atoms with Crippen LogP contribution >= 0.6 is 0 Å². The van der Waals surface area contributed by atoms with Crippen LogP contribution in [0.25, 0.3) is 22.6 Å². The summed E-state index contributed by atoms with van der Waals surface area (Å²) >= 11 is 0. The Morgan fingerprint density at radius 1 is 0.600 bits per heavy atom. The fourth-order valence-corrected chi connectivity index (χ4v) is 3.66. The zero-order chi connectivity index (χ0) is 20.2. The maximum atomic E-state index is 5.92. The van der Waals surface area contributed by atoms with E-state index in [1.807, 2.05) is 24.3 Å². The fraction of sp³-hybridized carbons (Fsp3) is 0.0741. The Labute approximate surface area is 176 Å². The Kier molecular flexibility index (Phi) is 5.01. The lowest BCUT2D eigenvalue weighted by Crippen LogP contribution is -2.22. The molecule has 1 aromatic heterocycles. The van der Waals surface area contributed by atoms with Gasteiger partial charge < -0.3 is 9.32 Å². The number of benzene rings is 4. The highest BCUT2D eigenvalue weighted by Crippen LogP contribution is 2.27. The summed E-state index contributed by atoms with van der Waals surface area (Å²) in [5.41, 5.74) is 6.42. The molecule has 0 N–H and O–H groups in total. The van der Waals surface area contributed by atoms with Crippen molar-refractivity contribution in [2.24, 2.45) is 0 Å². The number of hydrogen-bond donors (Lipinski definition) is 0. The van der Waals surface area contributed by atoms with Crippen molar-refractivity contribution in [3.8, 4) is 11.5 Å². The maximum Gasteiger partial charge on any atom is 0.227 e. The van der Waals surface area contributed by atoms with Crippen LogP contribution in [0.5, 0.6) is 0 Å². The van der Waals surface area contributed by atoms with Crippen molar-refractivity contribution in [1.82, 2.24) is 4.98 Å². The van der Waals surface area contributed by atoms with Crippen molar-refractivity contribution in [2.75, 3.05) is 4.90 Å². The van der Waals surface area contributed by atoms with Crippen molar-refractivity contribution in [1.29, 1.82) is 0 Å². The standard InChI is InChI=1S/C27H22N2O/c1-3-9-21(10-4-1)19-29(20-22-11-5-2-6-12-22)24-17-15-23(16-18-24)27-28-25-13-7-8-14-26(25)30-27/h1-18H,19-20H2. The average Bonchev–Trinajstić information content (AvgIpc) is 3.25. The normalized spacial score (nSPS) is 10.9. The molecule has 0 aliphatic carbocycles. The predicted octanol–water partition coefficient (Wildman–Crippen LogP) is 6.70. The minimum atomic E-state index is 0.653. The smallest absolute Gasteiger partial charge is 0.227 e. The van der Waals surface area contributed by atoms with Gasteiger partial charge in [-0.15, -0.1) is 0 Å². The summed E-state index contributed by atoms with van der Waals surface area (Å²) in [6, 6.07) is 37.5. The van der Waals surface area contributed by atoms with Crippen molar-refractivity contribution >= 4 is 16.8 Å². The molecule has 0 aliphatic heterocycles. The van der Waals surface area contributed by atoms with E-state index in [9.17, 15) is 0 Å².